The molecular weight excluding hydrogens is 383 g/mol. The first-order chi connectivity index (χ1) is 13.3. The summed E-state index contributed by atoms with van der Waals surface area (Å²) < 4.78 is 45.6. The van der Waals surface area contributed by atoms with Crippen LogP contribution >= 0.6 is 0 Å². The Morgan fingerprint density at radius 1 is 1.14 bits per heavy atom. The van der Waals surface area contributed by atoms with E-state index in [-0.39, 0.29) is 17.5 Å². The molecule has 152 valence electrons. The fraction of sp³-hybridized carbons (Fsp3) is 0.350. The number of rotatable bonds is 9. The lowest BCUT2D eigenvalue weighted by Crippen LogP contribution is -2.43. The molecule has 0 spiro atoms. The largest absolute Gasteiger partial charge is 0.497 e. The Balaban J connectivity index is 2.37. The number of methoxy groups -OCH3 is 1. The zero-order chi connectivity index (χ0) is 20.7. The van der Waals surface area contributed by atoms with Crippen molar-refractivity contribution in [3.05, 3.63) is 54.3 Å². The van der Waals surface area contributed by atoms with Crippen LogP contribution in [0.1, 0.15) is 26.7 Å². The number of carbonyl (C=O) groups excluding carboxylic acids is 1. The summed E-state index contributed by atoms with van der Waals surface area (Å²) in [6.07, 6.45) is 1.69. The van der Waals surface area contributed by atoms with Gasteiger partial charge < -0.3 is 10.1 Å². The summed E-state index contributed by atoms with van der Waals surface area (Å²) in [7, 11) is -2.56. The smallest absolute Gasteiger partial charge is 0.264 e. The molecule has 0 aliphatic heterocycles. The fourth-order valence-electron chi connectivity index (χ4n) is 2.75. The van der Waals surface area contributed by atoms with Crippen molar-refractivity contribution in [2.45, 2.75) is 37.6 Å². The molecule has 1 N–H and O–H groups in total. The second-order valence-electron chi connectivity index (χ2n) is 6.42. The van der Waals surface area contributed by atoms with Crippen LogP contribution in [0.15, 0.2) is 53.4 Å². The van der Waals surface area contributed by atoms with Crippen LogP contribution in [0.25, 0.3) is 0 Å². The first kappa shape index (κ1) is 21.7. The van der Waals surface area contributed by atoms with Gasteiger partial charge in [0.1, 0.15) is 18.1 Å². The molecule has 0 aliphatic carbocycles. The molecule has 0 saturated heterocycles. The fourth-order valence-corrected chi connectivity index (χ4v) is 4.17. The summed E-state index contributed by atoms with van der Waals surface area (Å²) in [5.41, 5.74) is 0.309. The Labute approximate surface area is 165 Å². The Hall–Kier alpha value is -2.61. The number of ether oxygens (including phenoxy) is 1. The number of halogens is 1. The van der Waals surface area contributed by atoms with Gasteiger partial charge in [0, 0.05) is 6.04 Å². The SMILES string of the molecule is CCC[C@H](C)NC(=O)CN(c1ccc(OC)cc1)S(=O)(=O)c1ccc(F)cc1. The molecule has 0 aliphatic rings. The summed E-state index contributed by atoms with van der Waals surface area (Å²) in [4.78, 5) is 12.4. The lowest BCUT2D eigenvalue weighted by Gasteiger charge is -2.25. The maximum absolute atomic E-state index is 13.2. The van der Waals surface area contributed by atoms with Crippen LogP contribution < -0.4 is 14.4 Å². The zero-order valence-corrected chi connectivity index (χ0v) is 17.0. The van der Waals surface area contributed by atoms with Crippen molar-refractivity contribution in [2.75, 3.05) is 18.0 Å². The van der Waals surface area contributed by atoms with Crippen LogP contribution in [0.3, 0.4) is 0 Å². The molecule has 2 aromatic rings. The summed E-state index contributed by atoms with van der Waals surface area (Å²) in [5.74, 6) is -0.396. The van der Waals surface area contributed by atoms with Crippen molar-refractivity contribution >= 4 is 21.6 Å². The molecule has 6 nitrogen and oxygen atoms in total. The minimum absolute atomic E-state index is 0.0660. The minimum atomic E-state index is -4.07. The van der Waals surface area contributed by atoms with Gasteiger partial charge in [-0.3, -0.25) is 9.10 Å². The van der Waals surface area contributed by atoms with Gasteiger partial charge in [-0.25, -0.2) is 12.8 Å². The molecule has 1 amide bonds. The van der Waals surface area contributed by atoms with Crippen LogP contribution in [-0.2, 0) is 14.8 Å². The van der Waals surface area contributed by atoms with Crippen LogP contribution in [0, 0.1) is 5.82 Å². The molecule has 1 atom stereocenters. The summed E-state index contributed by atoms with van der Waals surface area (Å²) in [6, 6.07) is 10.8. The van der Waals surface area contributed by atoms with Crippen LogP contribution in [0.5, 0.6) is 5.75 Å². The molecular formula is C20H25FN2O4S. The molecule has 0 bridgehead atoms. The monoisotopic (exact) mass is 408 g/mol. The van der Waals surface area contributed by atoms with E-state index >= 15 is 0 Å². The summed E-state index contributed by atoms with van der Waals surface area (Å²) in [6.45, 7) is 3.49. The van der Waals surface area contributed by atoms with Crippen LogP contribution in [0.4, 0.5) is 10.1 Å². The second kappa shape index (κ2) is 9.54. The number of sulfonamides is 1. The highest BCUT2D eigenvalue weighted by atomic mass is 32.2. The highest BCUT2D eigenvalue weighted by Crippen LogP contribution is 2.25. The van der Waals surface area contributed by atoms with Gasteiger partial charge in [-0.05, 0) is 61.9 Å². The normalized spacial score (nSPS) is 12.3. The first-order valence-corrected chi connectivity index (χ1v) is 10.4. The predicted octanol–water partition coefficient (Wildman–Crippen LogP) is 3.33. The van der Waals surface area contributed by atoms with E-state index in [0.29, 0.717) is 11.4 Å². The number of hydrogen-bond donors (Lipinski definition) is 1. The maximum atomic E-state index is 13.2. The molecule has 2 rings (SSSR count). The number of hydrogen-bond acceptors (Lipinski definition) is 4. The molecule has 0 radical (unpaired) electrons. The first-order valence-electron chi connectivity index (χ1n) is 8.99. The van der Waals surface area contributed by atoms with E-state index in [0.717, 1.165) is 29.3 Å². The van der Waals surface area contributed by atoms with Gasteiger partial charge in [-0.15, -0.1) is 0 Å². The molecule has 8 heteroatoms. The van der Waals surface area contributed by atoms with Gasteiger partial charge >= 0.3 is 0 Å². The Morgan fingerprint density at radius 3 is 2.29 bits per heavy atom. The minimum Gasteiger partial charge on any atom is -0.497 e. The third-order valence-corrected chi connectivity index (χ3v) is 5.97. The molecule has 2 aromatic carbocycles. The standard InChI is InChI=1S/C20H25FN2O4S/c1-4-5-15(2)22-20(24)14-23(17-8-10-18(27-3)11-9-17)28(25,26)19-12-6-16(21)7-13-19/h6-13,15H,4-5,14H2,1-3H3,(H,22,24)/t15-/m0/s1. The van der Waals surface area contributed by atoms with E-state index in [9.17, 15) is 17.6 Å². The van der Waals surface area contributed by atoms with Crippen molar-refractivity contribution in [3.8, 4) is 5.75 Å². The van der Waals surface area contributed by atoms with E-state index in [1.54, 1.807) is 24.3 Å². The van der Waals surface area contributed by atoms with Crippen molar-refractivity contribution < 1.29 is 22.3 Å². The number of amides is 1. The summed E-state index contributed by atoms with van der Waals surface area (Å²) >= 11 is 0. The Kier molecular flexibility index (Phi) is 7.39. The lowest BCUT2D eigenvalue weighted by molar-refractivity contribution is -0.120. The highest BCUT2D eigenvalue weighted by Gasteiger charge is 2.27. The van der Waals surface area contributed by atoms with Crippen molar-refractivity contribution in [1.29, 1.82) is 0 Å². The molecule has 0 heterocycles. The van der Waals surface area contributed by atoms with E-state index in [1.165, 1.54) is 19.2 Å². The molecule has 28 heavy (non-hydrogen) atoms. The average molecular weight is 408 g/mol. The maximum Gasteiger partial charge on any atom is 0.264 e. The van der Waals surface area contributed by atoms with E-state index in [2.05, 4.69) is 5.32 Å². The molecule has 0 saturated carbocycles. The topological polar surface area (TPSA) is 75.7 Å². The Morgan fingerprint density at radius 2 is 1.75 bits per heavy atom. The molecule has 0 aromatic heterocycles. The van der Waals surface area contributed by atoms with Crippen molar-refractivity contribution in [1.82, 2.24) is 5.32 Å². The van der Waals surface area contributed by atoms with Gasteiger partial charge in [0.2, 0.25) is 5.91 Å². The van der Waals surface area contributed by atoms with Crippen LogP contribution in [-0.4, -0.2) is 34.0 Å². The summed E-state index contributed by atoms with van der Waals surface area (Å²) in [5, 5.41) is 2.81. The average Bonchev–Trinajstić information content (AvgIpc) is 2.66. The molecule has 0 fully saturated rings. The van der Waals surface area contributed by atoms with Crippen molar-refractivity contribution in [3.63, 3.8) is 0 Å². The molecule has 0 unspecified atom stereocenters. The third-order valence-electron chi connectivity index (χ3n) is 4.18. The second-order valence-corrected chi connectivity index (χ2v) is 8.28. The number of nitrogens with one attached hydrogen (secondary N) is 1. The van der Waals surface area contributed by atoms with E-state index in [1.807, 2.05) is 13.8 Å². The zero-order valence-electron chi connectivity index (χ0n) is 16.2. The predicted molar refractivity (Wildman–Crippen MR) is 106 cm³/mol. The lowest BCUT2D eigenvalue weighted by atomic mass is 10.2. The quantitative estimate of drug-likeness (QED) is 0.691. The van der Waals surface area contributed by atoms with Crippen LogP contribution in [0.2, 0.25) is 0 Å². The number of nitrogens with zero attached hydrogens (tertiary/aromatic N) is 1. The van der Waals surface area contributed by atoms with E-state index in [4.69, 9.17) is 4.74 Å². The van der Waals surface area contributed by atoms with E-state index < -0.39 is 21.7 Å². The number of carbonyl (C=O) groups is 1. The van der Waals surface area contributed by atoms with Gasteiger partial charge in [-0.1, -0.05) is 13.3 Å². The number of anilines is 1. The Bertz CT molecular complexity index is 883. The third kappa shape index (κ3) is 5.45. The number of benzene rings is 2. The van der Waals surface area contributed by atoms with Crippen molar-refractivity contribution in [2.24, 2.45) is 0 Å². The van der Waals surface area contributed by atoms with Gasteiger partial charge in [0.15, 0.2) is 0 Å². The van der Waals surface area contributed by atoms with Gasteiger partial charge in [-0.2, -0.15) is 0 Å². The van der Waals surface area contributed by atoms with Gasteiger partial charge in [0.05, 0.1) is 17.7 Å². The van der Waals surface area contributed by atoms with Gasteiger partial charge in [0.25, 0.3) is 10.0 Å². The highest BCUT2D eigenvalue weighted by molar-refractivity contribution is 7.92.